The molecule has 0 aromatic heterocycles. The minimum Gasteiger partial charge on any atom is -0.388 e. The van der Waals surface area contributed by atoms with Crippen LogP contribution in [0.3, 0.4) is 0 Å². The van der Waals surface area contributed by atoms with E-state index in [9.17, 15) is 26.7 Å². The molecule has 19 heavy (non-hydrogen) atoms. The number of nitrogens with one attached hydrogen (secondary N) is 2. The van der Waals surface area contributed by atoms with Crippen molar-refractivity contribution in [2.75, 3.05) is 18.9 Å². The van der Waals surface area contributed by atoms with Gasteiger partial charge in [-0.05, 0) is 18.2 Å². The molecule has 0 radical (unpaired) electrons. The highest BCUT2D eigenvalue weighted by atomic mass is 19.4. The first-order valence-electron chi connectivity index (χ1n) is 5.21. The van der Waals surface area contributed by atoms with Crippen LogP contribution >= 0.6 is 0 Å². The maximum absolute atomic E-state index is 12.7. The first-order chi connectivity index (χ1) is 8.75. The maximum Gasteiger partial charge on any atom is 0.418 e. The molecule has 1 aromatic carbocycles. The van der Waals surface area contributed by atoms with Crippen LogP contribution in [-0.2, 0) is 6.18 Å². The molecular formula is C11H11F5N2O. The van der Waals surface area contributed by atoms with Crippen molar-refractivity contribution in [1.29, 1.82) is 0 Å². The Morgan fingerprint density at radius 1 is 1.32 bits per heavy atom. The number of benzene rings is 1. The van der Waals surface area contributed by atoms with Crippen LogP contribution in [0.15, 0.2) is 18.2 Å². The summed E-state index contributed by atoms with van der Waals surface area (Å²) in [6.07, 6.45) is -7.40. The highest BCUT2D eigenvalue weighted by molar-refractivity contribution is 5.95. The summed E-state index contributed by atoms with van der Waals surface area (Å²) in [4.78, 5) is 11.4. The molecule has 1 rings (SSSR count). The van der Waals surface area contributed by atoms with Gasteiger partial charge in [-0.25, -0.2) is 8.78 Å². The van der Waals surface area contributed by atoms with Gasteiger partial charge in [-0.3, -0.25) is 4.79 Å². The normalized spacial score (nSPS) is 11.5. The van der Waals surface area contributed by atoms with Crippen LogP contribution in [0.5, 0.6) is 0 Å². The Morgan fingerprint density at radius 3 is 2.42 bits per heavy atom. The van der Waals surface area contributed by atoms with E-state index in [1.54, 1.807) is 0 Å². The van der Waals surface area contributed by atoms with Crippen molar-refractivity contribution in [2.45, 2.75) is 12.6 Å². The lowest BCUT2D eigenvalue weighted by Gasteiger charge is -2.14. The van der Waals surface area contributed by atoms with E-state index in [-0.39, 0.29) is 11.3 Å². The van der Waals surface area contributed by atoms with Crippen molar-refractivity contribution in [1.82, 2.24) is 5.32 Å². The van der Waals surface area contributed by atoms with E-state index in [1.165, 1.54) is 7.05 Å². The van der Waals surface area contributed by atoms with Gasteiger partial charge in [0.1, 0.15) is 0 Å². The van der Waals surface area contributed by atoms with Gasteiger partial charge in [0.25, 0.3) is 12.3 Å². The fourth-order valence-electron chi connectivity index (χ4n) is 1.41. The zero-order valence-electron chi connectivity index (χ0n) is 9.81. The molecule has 1 amide bonds. The van der Waals surface area contributed by atoms with Crippen molar-refractivity contribution >= 4 is 11.6 Å². The molecule has 0 bridgehead atoms. The molecular weight excluding hydrogens is 271 g/mol. The minimum atomic E-state index is -4.64. The average Bonchev–Trinajstić information content (AvgIpc) is 2.34. The quantitative estimate of drug-likeness (QED) is 0.834. The lowest BCUT2D eigenvalue weighted by molar-refractivity contribution is -0.136. The number of hydrogen-bond acceptors (Lipinski definition) is 2. The Kier molecular flexibility index (Phi) is 4.68. The Labute approximate surface area is 105 Å². The van der Waals surface area contributed by atoms with Gasteiger partial charge in [0.15, 0.2) is 0 Å². The van der Waals surface area contributed by atoms with Crippen molar-refractivity contribution in [3.05, 3.63) is 29.3 Å². The second-order valence-corrected chi connectivity index (χ2v) is 3.61. The second kappa shape index (κ2) is 5.85. The largest absolute Gasteiger partial charge is 0.418 e. The third-order valence-electron chi connectivity index (χ3n) is 2.27. The molecule has 0 aliphatic heterocycles. The van der Waals surface area contributed by atoms with Crippen LogP contribution in [-0.4, -0.2) is 25.9 Å². The summed E-state index contributed by atoms with van der Waals surface area (Å²) in [6.45, 7) is -0.909. The number of alkyl halides is 5. The lowest BCUT2D eigenvalue weighted by atomic mass is 10.1. The molecule has 1 aromatic rings. The number of anilines is 1. The Balaban J connectivity index is 3.01. The third kappa shape index (κ3) is 4.08. The van der Waals surface area contributed by atoms with E-state index in [2.05, 4.69) is 5.32 Å². The number of hydrogen-bond donors (Lipinski definition) is 2. The van der Waals surface area contributed by atoms with Gasteiger partial charge in [-0.2, -0.15) is 13.2 Å². The van der Waals surface area contributed by atoms with E-state index in [4.69, 9.17) is 0 Å². The molecule has 3 nitrogen and oxygen atoms in total. The Hall–Kier alpha value is -1.86. The summed E-state index contributed by atoms with van der Waals surface area (Å²) in [6, 6.07) is 2.81. The molecule has 0 saturated heterocycles. The summed E-state index contributed by atoms with van der Waals surface area (Å²) >= 11 is 0. The maximum atomic E-state index is 12.7. The molecule has 0 unspecified atom stereocenters. The van der Waals surface area contributed by atoms with Gasteiger partial charge in [-0.1, -0.05) is 0 Å². The molecule has 0 fully saturated rings. The van der Waals surface area contributed by atoms with Crippen molar-refractivity contribution in [3.63, 3.8) is 0 Å². The van der Waals surface area contributed by atoms with E-state index in [0.717, 1.165) is 12.1 Å². The topological polar surface area (TPSA) is 41.1 Å². The van der Waals surface area contributed by atoms with Crippen LogP contribution < -0.4 is 10.6 Å². The zero-order chi connectivity index (χ0) is 14.6. The molecule has 0 spiro atoms. The summed E-state index contributed by atoms with van der Waals surface area (Å²) < 4.78 is 61.9. The average molecular weight is 282 g/mol. The van der Waals surface area contributed by atoms with Crippen LogP contribution in [0.25, 0.3) is 0 Å². The highest BCUT2D eigenvalue weighted by Gasteiger charge is 2.34. The standard InChI is InChI=1S/C11H11F5N2O/c1-17-8-3-2-6(4-7(8)11(14,15)16)10(19)18-5-9(12)13/h2-4,9,17H,5H2,1H3,(H,18,19). The zero-order valence-corrected chi connectivity index (χ0v) is 9.81. The van der Waals surface area contributed by atoms with Crippen molar-refractivity contribution in [3.8, 4) is 0 Å². The van der Waals surface area contributed by atoms with Gasteiger partial charge >= 0.3 is 6.18 Å². The van der Waals surface area contributed by atoms with Gasteiger partial charge < -0.3 is 10.6 Å². The lowest BCUT2D eigenvalue weighted by Crippen LogP contribution is -2.28. The molecule has 8 heteroatoms. The van der Waals surface area contributed by atoms with Gasteiger partial charge in [0, 0.05) is 18.3 Å². The van der Waals surface area contributed by atoms with Crippen LogP contribution in [0, 0.1) is 0 Å². The van der Waals surface area contributed by atoms with E-state index in [1.807, 2.05) is 5.32 Å². The number of carbonyl (C=O) groups excluding carboxylic acids is 1. The SMILES string of the molecule is CNc1ccc(C(=O)NCC(F)F)cc1C(F)(F)F. The summed E-state index contributed by atoms with van der Waals surface area (Å²) in [7, 11) is 1.31. The van der Waals surface area contributed by atoms with E-state index < -0.39 is 30.6 Å². The molecule has 0 atom stereocenters. The molecule has 0 heterocycles. The van der Waals surface area contributed by atoms with Crippen LogP contribution in [0.4, 0.5) is 27.6 Å². The predicted molar refractivity (Wildman–Crippen MR) is 59.3 cm³/mol. The summed E-state index contributed by atoms with van der Waals surface area (Å²) in [5, 5.41) is 4.18. The smallest absolute Gasteiger partial charge is 0.388 e. The minimum absolute atomic E-state index is 0.196. The second-order valence-electron chi connectivity index (χ2n) is 3.61. The van der Waals surface area contributed by atoms with Crippen molar-refractivity contribution < 1.29 is 26.7 Å². The Morgan fingerprint density at radius 2 is 1.95 bits per heavy atom. The van der Waals surface area contributed by atoms with E-state index >= 15 is 0 Å². The molecule has 0 aliphatic carbocycles. The molecule has 0 aliphatic rings. The van der Waals surface area contributed by atoms with Crippen LogP contribution in [0.2, 0.25) is 0 Å². The third-order valence-corrected chi connectivity index (χ3v) is 2.27. The Bertz CT molecular complexity index is 459. The van der Waals surface area contributed by atoms with Crippen LogP contribution in [0.1, 0.15) is 15.9 Å². The highest BCUT2D eigenvalue weighted by Crippen LogP contribution is 2.35. The monoisotopic (exact) mass is 282 g/mol. The van der Waals surface area contributed by atoms with Gasteiger partial charge in [0.2, 0.25) is 0 Å². The summed E-state index contributed by atoms with van der Waals surface area (Å²) in [5.41, 5.74) is -1.55. The first kappa shape index (κ1) is 15.2. The fraction of sp³-hybridized carbons (Fsp3) is 0.364. The van der Waals surface area contributed by atoms with Gasteiger partial charge in [0.05, 0.1) is 12.1 Å². The number of rotatable bonds is 4. The molecule has 2 N–H and O–H groups in total. The van der Waals surface area contributed by atoms with Gasteiger partial charge in [-0.15, -0.1) is 0 Å². The number of carbonyl (C=O) groups is 1. The van der Waals surface area contributed by atoms with Crippen molar-refractivity contribution in [2.24, 2.45) is 0 Å². The van der Waals surface area contributed by atoms with E-state index in [0.29, 0.717) is 6.07 Å². The first-order valence-corrected chi connectivity index (χ1v) is 5.21. The summed E-state index contributed by atoms with van der Waals surface area (Å²) in [5.74, 6) is -0.978. The number of halogens is 5. The molecule has 106 valence electrons. The molecule has 0 saturated carbocycles. The fourth-order valence-corrected chi connectivity index (χ4v) is 1.41. The number of amides is 1. The predicted octanol–water partition coefficient (Wildman–Crippen LogP) is 2.74.